The number of aromatic nitrogens is 1. The first-order valence-electron chi connectivity index (χ1n) is 7.77. The summed E-state index contributed by atoms with van der Waals surface area (Å²) in [5, 5.41) is 17.2. The highest BCUT2D eigenvalue weighted by Gasteiger charge is 2.22. The van der Waals surface area contributed by atoms with Crippen LogP contribution in [-0.4, -0.2) is 21.9 Å². The number of aromatic hydroxyl groups is 1. The van der Waals surface area contributed by atoms with Crippen molar-refractivity contribution in [2.24, 2.45) is 0 Å². The number of hydrogen-bond acceptors (Lipinski definition) is 5. The molecular weight excluding hydrogens is 445 g/mol. The molecule has 0 saturated heterocycles. The summed E-state index contributed by atoms with van der Waals surface area (Å²) < 4.78 is 0. The lowest BCUT2D eigenvalue weighted by atomic mass is 10.1. The Bertz CT molecular complexity index is 1040. The molecule has 28 heavy (non-hydrogen) atoms. The molecule has 3 N–H and O–H groups in total. The van der Waals surface area contributed by atoms with Crippen LogP contribution in [0.15, 0.2) is 35.7 Å². The number of thiazole rings is 1. The molecule has 0 fully saturated rings. The summed E-state index contributed by atoms with van der Waals surface area (Å²) in [6.45, 7) is 1.43. The fourth-order valence-corrected chi connectivity index (χ4v) is 3.75. The van der Waals surface area contributed by atoms with Crippen molar-refractivity contribution in [3.05, 3.63) is 56.3 Å². The Balaban J connectivity index is 1.80. The molecule has 1 aromatic heterocycles. The van der Waals surface area contributed by atoms with Gasteiger partial charge in [-0.05, 0) is 18.2 Å². The topological polar surface area (TPSA) is 91.3 Å². The summed E-state index contributed by atoms with van der Waals surface area (Å²) in [5.41, 5.74) is 1.88. The van der Waals surface area contributed by atoms with Gasteiger partial charge in [-0.3, -0.25) is 14.9 Å². The smallest absolute Gasteiger partial charge is 0.262 e. The first-order valence-corrected chi connectivity index (χ1v) is 9.79. The van der Waals surface area contributed by atoms with Gasteiger partial charge in [0.2, 0.25) is 5.91 Å². The normalized spacial score (nSPS) is 10.6. The molecule has 0 bridgehead atoms. The number of carbonyl (C=O) groups is 2. The molecule has 0 aliphatic rings. The van der Waals surface area contributed by atoms with Crippen LogP contribution in [0.1, 0.15) is 17.3 Å². The third-order valence-electron chi connectivity index (χ3n) is 3.60. The van der Waals surface area contributed by atoms with Crippen molar-refractivity contribution in [2.45, 2.75) is 6.92 Å². The molecule has 6 nitrogen and oxygen atoms in total. The van der Waals surface area contributed by atoms with Gasteiger partial charge in [-0.25, -0.2) is 4.98 Å². The molecular formula is C18H12Cl3N3O3S. The van der Waals surface area contributed by atoms with Crippen molar-refractivity contribution in [2.75, 3.05) is 10.6 Å². The minimum absolute atomic E-state index is 0.0497. The number of anilines is 2. The Kier molecular flexibility index (Phi) is 6.10. The van der Waals surface area contributed by atoms with Crippen LogP contribution >= 0.6 is 46.1 Å². The number of phenolic OH excluding ortho intramolecular Hbond substituents is 1. The van der Waals surface area contributed by atoms with E-state index in [-0.39, 0.29) is 26.5 Å². The van der Waals surface area contributed by atoms with Crippen LogP contribution in [-0.2, 0) is 4.79 Å². The molecule has 0 atom stereocenters. The maximum atomic E-state index is 12.5. The summed E-state index contributed by atoms with van der Waals surface area (Å²) in [6.07, 6.45) is 0. The molecule has 144 valence electrons. The number of nitrogens with zero attached hydrogens (tertiary/aromatic N) is 1. The summed E-state index contributed by atoms with van der Waals surface area (Å²) in [6, 6.07) is 8.35. The Morgan fingerprint density at radius 2 is 1.75 bits per heavy atom. The maximum Gasteiger partial charge on any atom is 0.262 e. The molecule has 0 spiro atoms. The van der Waals surface area contributed by atoms with Crippen molar-refractivity contribution in [3.63, 3.8) is 0 Å². The van der Waals surface area contributed by atoms with Gasteiger partial charge in [-0.2, -0.15) is 0 Å². The number of phenols is 1. The predicted octanol–water partition coefficient (Wildman–Crippen LogP) is 5.69. The van der Waals surface area contributed by atoms with E-state index < -0.39 is 11.7 Å². The van der Waals surface area contributed by atoms with Crippen LogP contribution in [0, 0.1) is 0 Å². The van der Waals surface area contributed by atoms with Crippen LogP contribution in [0.25, 0.3) is 11.3 Å². The van der Waals surface area contributed by atoms with Gasteiger partial charge in [0.15, 0.2) is 5.13 Å². The van der Waals surface area contributed by atoms with Gasteiger partial charge in [0.05, 0.1) is 20.8 Å². The SMILES string of the molecule is CC(=O)Nc1ccc(-c2csc(NC(=O)c3c(O)c(Cl)cc(Cl)c3Cl)n2)cc1. The van der Waals surface area contributed by atoms with Gasteiger partial charge >= 0.3 is 0 Å². The van der Waals surface area contributed by atoms with E-state index in [1.54, 1.807) is 29.6 Å². The van der Waals surface area contributed by atoms with Crippen LogP contribution in [0.3, 0.4) is 0 Å². The zero-order chi connectivity index (χ0) is 20.4. The zero-order valence-electron chi connectivity index (χ0n) is 14.2. The molecule has 3 aromatic rings. The Morgan fingerprint density at radius 3 is 2.39 bits per heavy atom. The van der Waals surface area contributed by atoms with E-state index in [1.807, 2.05) is 0 Å². The fraction of sp³-hybridized carbons (Fsp3) is 0.0556. The van der Waals surface area contributed by atoms with E-state index in [0.717, 1.165) is 5.56 Å². The molecule has 2 amide bonds. The molecule has 1 heterocycles. The highest BCUT2D eigenvalue weighted by molar-refractivity contribution is 7.14. The molecule has 0 radical (unpaired) electrons. The van der Waals surface area contributed by atoms with Crippen LogP contribution in [0.5, 0.6) is 5.75 Å². The lowest BCUT2D eigenvalue weighted by molar-refractivity contribution is -0.114. The van der Waals surface area contributed by atoms with E-state index in [2.05, 4.69) is 15.6 Å². The van der Waals surface area contributed by atoms with Gasteiger partial charge in [0.1, 0.15) is 11.3 Å². The minimum Gasteiger partial charge on any atom is -0.505 e. The van der Waals surface area contributed by atoms with E-state index >= 15 is 0 Å². The number of amides is 2. The van der Waals surface area contributed by atoms with Gasteiger partial charge in [-0.15, -0.1) is 11.3 Å². The van der Waals surface area contributed by atoms with E-state index in [4.69, 9.17) is 34.8 Å². The predicted molar refractivity (Wildman–Crippen MR) is 113 cm³/mol. The monoisotopic (exact) mass is 455 g/mol. The second kappa shape index (κ2) is 8.36. The summed E-state index contributed by atoms with van der Waals surface area (Å²) in [5.74, 6) is -1.30. The molecule has 0 unspecified atom stereocenters. The Labute approximate surface area is 179 Å². The van der Waals surface area contributed by atoms with Gasteiger partial charge in [-0.1, -0.05) is 46.9 Å². The Hall–Kier alpha value is -2.32. The molecule has 3 rings (SSSR count). The van der Waals surface area contributed by atoms with Crippen molar-refractivity contribution >= 4 is 68.8 Å². The van der Waals surface area contributed by atoms with Crippen molar-refractivity contribution in [3.8, 4) is 17.0 Å². The second-order valence-electron chi connectivity index (χ2n) is 5.63. The standard InChI is InChI=1S/C18H12Cl3N3O3S/c1-8(25)22-10-4-2-9(3-5-10)13-7-28-18(23-13)24-17(27)14-15(21)11(19)6-12(20)16(14)26/h2-7,26H,1H3,(H,22,25)(H,23,24,27). The largest absolute Gasteiger partial charge is 0.505 e. The summed E-state index contributed by atoms with van der Waals surface area (Å²) in [4.78, 5) is 27.9. The molecule has 10 heteroatoms. The van der Waals surface area contributed by atoms with E-state index in [1.165, 1.54) is 24.3 Å². The zero-order valence-corrected chi connectivity index (χ0v) is 17.3. The minimum atomic E-state index is -0.686. The quantitative estimate of drug-likeness (QED) is 0.440. The van der Waals surface area contributed by atoms with Crippen LogP contribution in [0.4, 0.5) is 10.8 Å². The van der Waals surface area contributed by atoms with Gasteiger partial charge in [0, 0.05) is 23.6 Å². The second-order valence-corrected chi connectivity index (χ2v) is 7.68. The first kappa shape index (κ1) is 20.4. The lowest BCUT2D eigenvalue weighted by Crippen LogP contribution is -2.13. The third kappa shape index (κ3) is 4.39. The number of nitrogens with one attached hydrogen (secondary N) is 2. The molecule has 0 aliphatic carbocycles. The van der Waals surface area contributed by atoms with Gasteiger partial charge in [0.25, 0.3) is 5.91 Å². The van der Waals surface area contributed by atoms with Crippen molar-refractivity contribution in [1.29, 1.82) is 0 Å². The molecule has 0 saturated carbocycles. The maximum absolute atomic E-state index is 12.5. The van der Waals surface area contributed by atoms with Crippen molar-refractivity contribution in [1.82, 2.24) is 4.98 Å². The highest BCUT2D eigenvalue weighted by Crippen LogP contribution is 2.39. The average molecular weight is 457 g/mol. The van der Waals surface area contributed by atoms with Crippen LogP contribution in [0.2, 0.25) is 15.1 Å². The van der Waals surface area contributed by atoms with Crippen molar-refractivity contribution < 1.29 is 14.7 Å². The number of halogens is 3. The average Bonchev–Trinajstić information content (AvgIpc) is 3.09. The van der Waals surface area contributed by atoms with Gasteiger partial charge < -0.3 is 10.4 Å². The van der Waals surface area contributed by atoms with E-state index in [0.29, 0.717) is 16.5 Å². The summed E-state index contributed by atoms with van der Waals surface area (Å²) >= 11 is 19.0. The highest BCUT2D eigenvalue weighted by atomic mass is 35.5. The number of hydrogen-bond donors (Lipinski definition) is 3. The van der Waals surface area contributed by atoms with E-state index in [9.17, 15) is 14.7 Å². The first-order chi connectivity index (χ1) is 13.3. The number of carbonyl (C=O) groups excluding carboxylic acids is 2. The molecule has 2 aromatic carbocycles. The fourth-order valence-electron chi connectivity index (χ4n) is 2.34. The van der Waals surface area contributed by atoms with Crippen LogP contribution < -0.4 is 10.6 Å². The Morgan fingerprint density at radius 1 is 1.07 bits per heavy atom. The number of rotatable bonds is 4. The third-order valence-corrected chi connectivity index (χ3v) is 5.43. The number of benzene rings is 2. The lowest BCUT2D eigenvalue weighted by Gasteiger charge is -2.09. The molecule has 0 aliphatic heterocycles. The summed E-state index contributed by atoms with van der Waals surface area (Å²) in [7, 11) is 0.